The molecule has 0 radical (unpaired) electrons. The van der Waals surface area contributed by atoms with Crippen molar-refractivity contribution in [2.24, 2.45) is 5.92 Å². The summed E-state index contributed by atoms with van der Waals surface area (Å²) in [7, 11) is 0. The summed E-state index contributed by atoms with van der Waals surface area (Å²) in [6, 6.07) is 2.69. The van der Waals surface area contributed by atoms with E-state index in [9.17, 15) is 4.79 Å². The normalized spacial score (nSPS) is 28.2. The molecule has 1 aliphatic carbocycles. The van der Waals surface area contributed by atoms with Crippen LogP contribution < -0.4 is 0 Å². The Hall–Kier alpha value is -1.22. The van der Waals surface area contributed by atoms with Gasteiger partial charge in [-0.1, -0.05) is 6.07 Å². The molecule has 0 spiro atoms. The van der Waals surface area contributed by atoms with Gasteiger partial charge in [0.2, 0.25) is 0 Å². The highest BCUT2D eigenvalue weighted by molar-refractivity contribution is 5.83. The van der Waals surface area contributed by atoms with Gasteiger partial charge in [-0.05, 0) is 50.3 Å². The molecule has 2 unspecified atom stereocenters. The van der Waals surface area contributed by atoms with Gasteiger partial charge in [-0.25, -0.2) is 0 Å². The van der Waals surface area contributed by atoms with Crippen molar-refractivity contribution >= 4 is 5.78 Å². The van der Waals surface area contributed by atoms with Crippen molar-refractivity contribution in [2.75, 3.05) is 6.54 Å². The molecule has 0 bridgehead atoms. The number of carbonyl (C=O) groups excluding carboxylic acids is 1. The number of hydrogen-bond donors (Lipinski definition) is 0. The lowest BCUT2D eigenvalue weighted by Gasteiger charge is -2.28. The van der Waals surface area contributed by atoms with Crippen LogP contribution in [0, 0.1) is 12.8 Å². The Kier molecular flexibility index (Phi) is 3.65. The van der Waals surface area contributed by atoms with E-state index in [0.717, 1.165) is 32.4 Å². The molecule has 0 amide bonds. The molecule has 2 atom stereocenters. The monoisotopic (exact) mass is 258 g/mol. The van der Waals surface area contributed by atoms with E-state index in [1.54, 1.807) is 0 Å². The maximum atomic E-state index is 12.0. The second kappa shape index (κ2) is 5.41. The van der Waals surface area contributed by atoms with E-state index in [1.807, 2.05) is 12.4 Å². The Bertz CT molecular complexity index is 472. The lowest BCUT2D eigenvalue weighted by atomic mass is 9.95. The lowest BCUT2D eigenvalue weighted by molar-refractivity contribution is -0.122. The molecule has 1 saturated carbocycles. The summed E-state index contributed by atoms with van der Waals surface area (Å²) in [5, 5.41) is 0. The second-order valence-electron chi connectivity index (χ2n) is 6.02. The molecule has 2 aliphatic rings. The van der Waals surface area contributed by atoms with E-state index < -0.39 is 0 Å². The maximum absolute atomic E-state index is 12.0. The first-order valence-corrected chi connectivity index (χ1v) is 7.41. The van der Waals surface area contributed by atoms with E-state index in [1.165, 1.54) is 24.0 Å². The van der Waals surface area contributed by atoms with Gasteiger partial charge < -0.3 is 0 Å². The molecule has 1 aliphatic heterocycles. The first-order valence-electron chi connectivity index (χ1n) is 7.41. The SMILES string of the molecule is Cc1cncc(CN2CCCC2C2CCCC2=O)c1. The highest BCUT2D eigenvalue weighted by atomic mass is 16.1. The molecule has 0 aromatic carbocycles. The van der Waals surface area contributed by atoms with Crippen molar-refractivity contribution in [3.8, 4) is 0 Å². The summed E-state index contributed by atoms with van der Waals surface area (Å²) >= 11 is 0. The second-order valence-corrected chi connectivity index (χ2v) is 6.02. The van der Waals surface area contributed by atoms with Crippen LogP contribution in [0.4, 0.5) is 0 Å². The van der Waals surface area contributed by atoms with Gasteiger partial charge in [0.25, 0.3) is 0 Å². The third-order valence-electron chi connectivity index (χ3n) is 4.55. The van der Waals surface area contributed by atoms with Gasteiger partial charge in [0.05, 0.1) is 0 Å². The first kappa shape index (κ1) is 12.8. The number of aryl methyl sites for hydroxylation is 1. The number of hydrogen-bond acceptors (Lipinski definition) is 3. The van der Waals surface area contributed by atoms with Crippen LogP contribution >= 0.6 is 0 Å². The molecule has 3 heteroatoms. The molecule has 1 aromatic heterocycles. The van der Waals surface area contributed by atoms with E-state index in [4.69, 9.17) is 0 Å². The summed E-state index contributed by atoms with van der Waals surface area (Å²) < 4.78 is 0. The highest BCUT2D eigenvalue weighted by Gasteiger charge is 2.37. The number of Topliss-reactive ketones (excluding diaryl/α,β-unsaturated/α-hetero) is 1. The van der Waals surface area contributed by atoms with Gasteiger partial charge in [0, 0.05) is 37.3 Å². The van der Waals surface area contributed by atoms with Crippen LogP contribution in [0.1, 0.15) is 43.2 Å². The molecule has 102 valence electrons. The van der Waals surface area contributed by atoms with Crippen LogP contribution in [-0.2, 0) is 11.3 Å². The molecule has 2 fully saturated rings. The number of likely N-dealkylation sites (tertiary alicyclic amines) is 1. The molecule has 3 nitrogen and oxygen atoms in total. The van der Waals surface area contributed by atoms with Crippen LogP contribution in [0.3, 0.4) is 0 Å². The van der Waals surface area contributed by atoms with Gasteiger partial charge in [-0.2, -0.15) is 0 Å². The average molecular weight is 258 g/mol. The van der Waals surface area contributed by atoms with Gasteiger partial charge >= 0.3 is 0 Å². The minimum atomic E-state index is 0.306. The summed E-state index contributed by atoms with van der Waals surface area (Å²) in [5.74, 6) is 0.805. The Labute approximate surface area is 115 Å². The highest BCUT2D eigenvalue weighted by Crippen LogP contribution is 2.33. The van der Waals surface area contributed by atoms with E-state index in [-0.39, 0.29) is 0 Å². The fourth-order valence-electron chi connectivity index (χ4n) is 3.69. The summed E-state index contributed by atoms with van der Waals surface area (Å²) in [4.78, 5) is 18.7. The fourth-order valence-corrected chi connectivity index (χ4v) is 3.69. The molecule has 1 saturated heterocycles. The predicted molar refractivity (Wildman–Crippen MR) is 74.8 cm³/mol. The topological polar surface area (TPSA) is 33.2 Å². The molecular formula is C16H22N2O. The number of ketones is 1. The Morgan fingerprint density at radius 1 is 1.32 bits per heavy atom. The smallest absolute Gasteiger partial charge is 0.137 e. The van der Waals surface area contributed by atoms with Gasteiger partial charge in [0.15, 0.2) is 0 Å². The first-order chi connectivity index (χ1) is 9.24. The standard InChI is InChI=1S/C16H22N2O/c1-12-8-13(10-17-9-12)11-18-7-3-5-15(18)14-4-2-6-16(14)19/h8-10,14-15H,2-7,11H2,1H3. The van der Waals surface area contributed by atoms with Gasteiger partial charge in [-0.3, -0.25) is 14.7 Å². The molecule has 1 aromatic rings. The van der Waals surface area contributed by atoms with E-state index in [0.29, 0.717) is 17.7 Å². The summed E-state index contributed by atoms with van der Waals surface area (Å²) in [6.07, 6.45) is 9.28. The summed E-state index contributed by atoms with van der Waals surface area (Å²) in [5.41, 5.74) is 2.49. The maximum Gasteiger partial charge on any atom is 0.137 e. The zero-order valence-electron chi connectivity index (χ0n) is 11.6. The molecule has 3 rings (SSSR count). The predicted octanol–water partition coefficient (Wildman–Crippen LogP) is 2.72. The van der Waals surface area contributed by atoms with E-state index >= 15 is 0 Å². The molecule has 19 heavy (non-hydrogen) atoms. The number of rotatable bonds is 3. The number of nitrogens with zero attached hydrogens (tertiary/aromatic N) is 2. The minimum Gasteiger partial charge on any atom is -0.299 e. The molecular weight excluding hydrogens is 236 g/mol. The van der Waals surface area contributed by atoms with Crippen molar-refractivity contribution in [1.82, 2.24) is 9.88 Å². The number of aromatic nitrogens is 1. The van der Waals surface area contributed by atoms with Crippen LogP contribution in [0.2, 0.25) is 0 Å². The number of pyridine rings is 1. The third kappa shape index (κ3) is 2.71. The zero-order valence-corrected chi connectivity index (χ0v) is 11.6. The van der Waals surface area contributed by atoms with Crippen LogP contribution in [0.25, 0.3) is 0 Å². The molecule has 2 heterocycles. The van der Waals surface area contributed by atoms with Crippen molar-refractivity contribution in [3.63, 3.8) is 0 Å². The lowest BCUT2D eigenvalue weighted by Crippen LogP contribution is -2.37. The largest absolute Gasteiger partial charge is 0.299 e. The number of carbonyl (C=O) groups is 1. The Balaban J connectivity index is 1.71. The van der Waals surface area contributed by atoms with Gasteiger partial charge in [0.1, 0.15) is 5.78 Å². The van der Waals surface area contributed by atoms with Crippen molar-refractivity contribution in [1.29, 1.82) is 0 Å². The Morgan fingerprint density at radius 2 is 2.21 bits per heavy atom. The van der Waals surface area contributed by atoms with Crippen molar-refractivity contribution < 1.29 is 4.79 Å². The average Bonchev–Trinajstić information content (AvgIpc) is 2.98. The fraction of sp³-hybridized carbons (Fsp3) is 0.625. The van der Waals surface area contributed by atoms with Crippen molar-refractivity contribution in [3.05, 3.63) is 29.6 Å². The van der Waals surface area contributed by atoms with Gasteiger partial charge in [-0.15, -0.1) is 0 Å². The zero-order chi connectivity index (χ0) is 13.2. The van der Waals surface area contributed by atoms with Crippen molar-refractivity contribution in [2.45, 2.75) is 51.6 Å². The van der Waals surface area contributed by atoms with E-state index in [2.05, 4.69) is 22.9 Å². The van der Waals surface area contributed by atoms with Crippen LogP contribution in [0.5, 0.6) is 0 Å². The third-order valence-corrected chi connectivity index (χ3v) is 4.55. The quantitative estimate of drug-likeness (QED) is 0.836. The van der Waals surface area contributed by atoms with Crippen LogP contribution in [0.15, 0.2) is 18.5 Å². The van der Waals surface area contributed by atoms with Crippen LogP contribution in [-0.4, -0.2) is 28.3 Å². The molecule has 0 N–H and O–H groups in total. The summed E-state index contributed by atoms with van der Waals surface area (Å²) in [6.45, 7) is 4.16. The Morgan fingerprint density at radius 3 is 2.95 bits per heavy atom. The minimum absolute atomic E-state index is 0.306.